The van der Waals surface area contributed by atoms with Crippen molar-refractivity contribution in [3.05, 3.63) is 72.6 Å². The third-order valence-electron chi connectivity index (χ3n) is 8.85. The van der Waals surface area contributed by atoms with E-state index in [0.29, 0.717) is 53.4 Å². The van der Waals surface area contributed by atoms with Crippen molar-refractivity contribution in [3.8, 4) is 5.75 Å². The first-order chi connectivity index (χ1) is 22.7. The number of hydroxylamine groups is 1. The number of hydrogen-bond donors (Lipinski definition) is 2. The van der Waals surface area contributed by atoms with Crippen LogP contribution in [0.3, 0.4) is 0 Å². The second-order valence-electron chi connectivity index (χ2n) is 12.2. The number of halogens is 2. The van der Waals surface area contributed by atoms with Crippen molar-refractivity contribution in [1.82, 2.24) is 14.9 Å². The number of nitrogens with zero attached hydrogens (tertiary/aromatic N) is 5. The van der Waals surface area contributed by atoms with E-state index in [4.69, 9.17) is 14.3 Å². The third-order valence-corrected chi connectivity index (χ3v) is 8.85. The standard InChI is InChI=1S/C34H41F2N7O4/c1-5-34(44)40-27-15-28(31(45-4)16-30(27)41-9-6-26(7-10-41)42-18-21(2)47-22(3)19-42)39-32-17-33(38-20-37-32)43-29(8-11-46-43)23-12-24(35)14-25(36)13-23/h5,12-17,20-22,26,29H,1,6-11,18-19H2,2-4H3,(H,40,44)(H,37,38,39)/t21-,22-,29+/m0/s1. The predicted octanol–water partition coefficient (Wildman–Crippen LogP) is 5.59. The van der Waals surface area contributed by atoms with E-state index in [2.05, 4.69) is 50.8 Å². The van der Waals surface area contributed by atoms with Crippen molar-refractivity contribution in [2.45, 2.75) is 57.4 Å². The van der Waals surface area contributed by atoms with Crippen LogP contribution in [0.4, 0.5) is 37.5 Å². The molecule has 0 bridgehead atoms. The Bertz CT molecular complexity index is 1570. The normalized spacial score (nSPS) is 22.3. The van der Waals surface area contributed by atoms with E-state index in [1.54, 1.807) is 18.2 Å². The van der Waals surface area contributed by atoms with Gasteiger partial charge in [0.25, 0.3) is 0 Å². The summed E-state index contributed by atoms with van der Waals surface area (Å²) < 4.78 is 39.8. The van der Waals surface area contributed by atoms with E-state index in [0.717, 1.165) is 50.8 Å². The highest BCUT2D eigenvalue weighted by atomic mass is 19.1. The van der Waals surface area contributed by atoms with E-state index in [1.807, 2.05) is 12.1 Å². The minimum atomic E-state index is -0.655. The smallest absolute Gasteiger partial charge is 0.247 e. The summed E-state index contributed by atoms with van der Waals surface area (Å²) in [7, 11) is 1.59. The molecule has 47 heavy (non-hydrogen) atoms. The first kappa shape index (κ1) is 32.6. The zero-order chi connectivity index (χ0) is 33.1. The van der Waals surface area contributed by atoms with Gasteiger partial charge >= 0.3 is 0 Å². The molecule has 3 saturated heterocycles. The van der Waals surface area contributed by atoms with E-state index in [1.165, 1.54) is 24.5 Å². The maximum Gasteiger partial charge on any atom is 0.247 e. The summed E-state index contributed by atoms with van der Waals surface area (Å²) in [6, 6.07) is 8.90. The average molecular weight is 650 g/mol. The molecule has 3 atom stereocenters. The molecule has 3 aromatic rings. The Labute approximate surface area is 273 Å². The molecule has 4 heterocycles. The molecule has 6 rings (SSSR count). The summed E-state index contributed by atoms with van der Waals surface area (Å²) in [5.74, 6) is -0.243. The highest BCUT2D eigenvalue weighted by molar-refractivity contribution is 6.02. The minimum absolute atomic E-state index is 0.218. The van der Waals surface area contributed by atoms with Crippen LogP contribution < -0.4 is 25.3 Å². The van der Waals surface area contributed by atoms with Crippen molar-refractivity contribution >= 4 is 34.6 Å². The zero-order valence-electron chi connectivity index (χ0n) is 26.9. The fourth-order valence-electron chi connectivity index (χ4n) is 6.81. The highest BCUT2D eigenvalue weighted by Crippen LogP contribution is 2.41. The number of carbonyl (C=O) groups excluding carboxylic acids is 1. The highest BCUT2D eigenvalue weighted by Gasteiger charge is 2.32. The van der Waals surface area contributed by atoms with Gasteiger partial charge in [0.15, 0.2) is 5.82 Å². The Morgan fingerprint density at radius 2 is 1.72 bits per heavy atom. The van der Waals surface area contributed by atoms with Gasteiger partial charge in [0, 0.05) is 56.8 Å². The molecule has 11 nitrogen and oxygen atoms in total. The summed E-state index contributed by atoms with van der Waals surface area (Å²) >= 11 is 0. The van der Waals surface area contributed by atoms with E-state index in [9.17, 15) is 13.6 Å². The Kier molecular flexibility index (Phi) is 9.85. The summed E-state index contributed by atoms with van der Waals surface area (Å²) in [6.07, 6.45) is 5.56. The molecule has 13 heteroatoms. The van der Waals surface area contributed by atoms with Crippen molar-refractivity contribution in [1.29, 1.82) is 0 Å². The molecule has 2 N–H and O–H groups in total. The summed E-state index contributed by atoms with van der Waals surface area (Å²) in [6.45, 7) is 11.7. The van der Waals surface area contributed by atoms with Crippen LogP contribution in [0, 0.1) is 11.6 Å². The van der Waals surface area contributed by atoms with Crippen LogP contribution in [0.25, 0.3) is 0 Å². The number of piperidine rings is 1. The van der Waals surface area contributed by atoms with Gasteiger partial charge in [-0.1, -0.05) is 6.58 Å². The topological polar surface area (TPSA) is 104 Å². The van der Waals surface area contributed by atoms with Gasteiger partial charge in [0.2, 0.25) is 5.91 Å². The van der Waals surface area contributed by atoms with Crippen LogP contribution in [-0.2, 0) is 14.4 Å². The summed E-state index contributed by atoms with van der Waals surface area (Å²) in [5, 5.41) is 7.80. The quantitative estimate of drug-likeness (QED) is 0.285. The molecule has 1 amide bonds. The maximum absolute atomic E-state index is 14.0. The Hall–Kier alpha value is -4.33. The molecular weight excluding hydrogens is 608 g/mol. The number of amides is 1. The number of ether oxygens (including phenoxy) is 2. The molecule has 1 aromatic heterocycles. The molecule has 0 aliphatic carbocycles. The maximum atomic E-state index is 14.0. The van der Waals surface area contributed by atoms with Gasteiger partial charge in [-0.25, -0.2) is 23.8 Å². The number of aromatic nitrogens is 2. The van der Waals surface area contributed by atoms with E-state index < -0.39 is 17.7 Å². The number of nitrogens with one attached hydrogen (secondary N) is 2. The number of carbonyl (C=O) groups is 1. The Morgan fingerprint density at radius 3 is 2.40 bits per heavy atom. The minimum Gasteiger partial charge on any atom is -0.494 e. The fraction of sp³-hybridized carbons (Fsp3) is 0.441. The lowest BCUT2D eigenvalue weighted by Gasteiger charge is -2.44. The molecule has 0 radical (unpaired) electrons. The first-order valence-corrected chi connectivity index (χ1v) is 16.0. The molecule has 0 spiro atoms. The fourth-order valence-corrected chi connectivity index (χ4v) is 6.81. The number of hydrogen-bond acceptors (Lipinski definition) is 10. The largest absolute Gasteiger partial charge is 0.494 e. The van der Waals surface area contributed by atoms with E-state index >= 15 is 0 Å². The molecule has 250 valence electrons. The van der Waals surface area contributed by atoms with Crippen molar-refractivity contribution in [2.24, 2.45) is 0 Å². The van der Waals surface area contributed by atoms with Gasteiger partial charge in [-0.2, -0.15) is 0 Å². The second kappa shape index (κ2) is 14.2. The average Bonchev–Trinajstić information content (AvgIpc) is 3.55. The van der Waals surface area contributed by atoms with Crippen molar-refractivity contribution in [3.63, 3.8) is 0 Å². The van der Waals surface area contributed by atoms with Crippen LogP contribution in [0.1, 0.15) is 44.7 Å². The molecule has 0 saturated carbocycles. The molecule has 2 aromatic carbocycles. The van der Waals surface area contributed by atoms with Crippen LogP contribution in [-0.4, -0.2) is 78.9 Å². The summed E-state index contributed by atoms with van der Waals surface area (Å²) in [5.41, 5.74) is 2.48. The molecule has 3 aliphatic heterocycles. The van der Waals surface area contributed by atoms with Crippen LogP contribution >= 0.6 is 0 Å². The van der Waals surface area contributed by atoms with Crippen LogP contribution in [0.15, 0.2) is 55.4 Å². The van der Waals surface area contributed by atoms with Gasteiger partial charge in [-0.05, 0) is 56.5 Å². The van der Waals surface area contributed by atoms with Gasteiger partial charge in [-0.15, -0.1) is 0 Å². The van der Waals surface area contributed by atoms with Gasteiger partial charge in [-0.3, -0.25) is 14.5 Å². The Morgan fingerprint density at radius 1 is 1.00 bits per heavy atom. The number of benzene rings is 2. The lowest BCUT2D eigenvalue weighted by molar-refractivity contribution is -0.111. The number of anilines is 5. The van der Waals surface area contributed by atoms with Crippen LogP contribution in [0.5, 0.6) is 5.75 Å². The second-order valence-corrected chi connectivity index (χ2v) is 12.2. The van der Waals surface area contributed by atoms with Crippen LogP contribution in [0.2, 0.25) is 0 Å². The van der Waals surface area contributed by atoms with Gasteiger partial charge in [0.1, 0.15) is 29.5 Å². The predicted molar refractivity (Wildman–Crippen MR) is 176 cm³/mol. The van der Waals surface area contributed by atoms with E-state index in [-0.39, 0.29) is 18.1 Å². The lowest BCUT2D eigenvalue weighted by atomic mass is 10.00. The molecule has 3 fully saturated rings. The number of rotatable bonds is 9. The van der Waals surface area contributed by atoms with Crippen molar-refractivity contribution in [2.75, 3.05) is 60.5 Å². The SMILES string of the molecule is C=CC(=O)Nc1cc(Nc2cc(N3OCC[C@@H]3c3cc(F)cc(F)c3)ncn2)c(OC)cc1N1CCC(N2C[C@H](C)O[C@@H](C)C2)CC1. The zero-order valence-corrected chi connectivity index (χ0v) is 26.9. The number of morpholine rings is 1. The lowest BCUT2D eigenvalue weighted by Crippen LogP contribution is -2.53. The molecular formula is C34H41F2N7O4. The molecule has 3 aliphatic rings. The number of methoxy groups -OCH3 is 1. The van der Waals surface area contributed by atoms with Crippen molar-refractivity contribution < 1.29 is 27.9 Å². The van der Waals surface area contributed by atoms with Gasteiger partial charge in [0.05, 0.1) is 49.0 Å². The Balaban J connectivity index is 1.23. The summed E-state index contributed by atoms with van der Waals surface area (Å²) in [4.78, 5) is 31.9. The first-order valence-electron chi connectivity index (χ1n) is 16.0. The monoisotopic (exact) mass is 649 g/mol. The third kappa shape index (κ3) is 7.47. The van der Waals surface area contributed by atoms with Gasteiger partial charge < -0.3 is 25.0 Å². The molecule has 0 unspecified atom stereocenters.